The molecule has 3 nitrogen and oxygen atoms in total. The summed E-state index contributed by atoms with van der Waals surface area (Å²) >= 11 is 5.66. The molecule has 0 bridgehead atoms. The molecule has 0 aromatic heterocycles. The van der Waals surface area contributed by atoms with Gasteiger partial charge < -0.3 is 0 Å². The third-order valence-corrected chi connectivity index (χ3v) is 3.35. The molecule has 1 aromatic rings. The molecule has 14 heavy (non-hydrogen) atoms. The third kappa shape index (κ3) is 2.67. The molecule has 0 radical (unpaired) electrons. The van der Waals surface area contributed by atoms with Crippen molar-refractivity contribution in [2.24, 2.45) is 0 Å². The average Bonchev–Trinajstić information content (AvgIpc) is 2.12. The molecule has 1 aromatic carbocycles. The van der Waals surface area contributed by atoms with E-state index in [2.05, 4.69) is 4.72 Å². The van der Waals surface area contributed by atoms with Crippen LogP contribution in [0.15, 0.2) is 18.2 Å². The van der Waals surface area contributed by atoms with Gasteiger partial charge in [0.05, 0.1) is 5.75 Å². The second-order valence-electron chi connectivity index (χ2n) is 2.66. The third-order valence-electron chi connectivity index (χ3n) is 1.71. The summed E-state index contributed by atoms with van der Waals surface area (Å²) in [6, 6.07) is 4.05. The van der Waals surface area contributed by atoms with Gasteiger partial charge in [-0.1, -0.05) is 17.7 Å². The zero-order chi connectivity index (χ0) is 10.8. The second-order valence-corrected chi connectivity index (χ2v) is 5.00. The van der Waals surface area contributed by atoms with Crippen molar-refractivity contribution in [2.75, 3.05) is 7.05 Å². The van der Waals surface area contributed by atoms with E-state index < -0.39 is 21.6 Å². The van der Waals surface area contributed by atoms with Gasteiger partial charge in [0.2, 0.25) is 10.0 Å². The normalized spacial score (nSPS) is 11.6. The van der Waals surface area contributed by atoms with Crippen molar-refractivity contribution in [1.82, 2.24) is 4.72 Å². The molecule has 0 saturated heterocycles. The lowest BCUT2D eigenvalue weighted by molar-refractivity contribution is 0.580. The van der Waals surface area contributed by atoms with Gasteiger partial charge >= 0.3 is 0 Å². The smallest absolute Gasteiger partial charge is 0.215 e. The Labute approximate surface area is 86.9 Å². The summed E-state index contributed by atoms with van der Waals surface area (Å²) in [5, 5.41) is 0.115. The lowest BCUT2D eigenvalue weighted by atomic mass is 10.2. The summed E-state index contributed by atoms with van der Waals surface area (Å²) in [6.07, 6.45) is 0. The van der Waals surface area contributed by atoms with Gasteiger partial charge in [-0.05, 0) is 19.2 Å². The minimum Gasteiger partial charge on any atom is -0.218 e. The van der Waals surface area contributed by atoms with Gasteiger partial charge in [0, 0.05) is 10.6 Å². The largest absolute Gasteiger partial charge is 0.218 e. The molecule has 6 heteroatoms. The predicted molar refractivity (Wildman–Crippen MR) is 53.1 cm³/mol. The summed E-state index contributed by atoms with van der Waals surface area (Å²) in [6.45, 7) is 0. The molecule has 0 unspecified atom stereocenters. The molecular formula is C8H9ClFNO2S. The van der Waals surface area contributed by atoms with Gasteiger partial charge in [-0.15, -0.1) is 0 Å². The van der Waals surface area contributed by atoms with E-state index in [-0.39, 0.29) is 10.6 Å². The Balaban J connectivity index is 3.09. The van der Waals surface area contributed by atoms with E-state index >= 15 is 0 Å². The Bertz CT molecular complexity index is 413. The van der Waals surface area contributed by atoms with Crippen LogP contribution in [-0.4, -0.2) is 15.5 Å². The molecule has 0 atom stereocenters. The molecule has 1 rings (SSSR count). The van der Waals surface area contributed by atoms with Crippen molar-refractivity contribution < 1.29 is 12.8 Å². The summed E-state index contributed by atoms with van der Waals surface area (Å²) in [7, 11) is -2.22. The number of benzene rings is 1. The van der Waals surface area contributed by atoms with Crippen molar-refractivity contribution >= 4 is 21.6 Å². The lowest BCUT2D eigenvalue weighted by Crippen LogP contribution is -2.21. The van der Waals surface area contributed by atoms with E-state index in [4.69, 9.17) is 11.6 Å². The highest BCUT2D eigenvalue weighted by Crippen LogP contribution is 2.20. The molecule has 1 N–H and O–H groups in total. The topological polar surface area (TPSA) is 46.2 Å². The highest BCUT2D eigenvalue weighted by Gasteiger charge is 2.15. The first kappa shape index (κ1) is 11.4. The Morgan fingerprint density at radius 3 is 2.64 bits per heavy atom. The molecule has 0 saturated carbocycles. The first-order chi connectivity index (χ1) is 6.46. The number of nitrogens with one attached hydrogen (secondary N) is 1. The highest BCUT2D eigenvalue weighted by molar-refractivity contribution is 7.88. The fourth-order valence-electron chi connectivity index (χ4n) is 0.932. The van der Waals surface area contributed by atoms with E-state index in [1.54, 1.807) is 0 Å². The van der Waals surface area contributed by atoms with Crippen molar-refractivity contribution in [3.05, 3.63) is 34.6 Å². The fraction of sp³-hybridized carbons (Fsp3) is 0.250. The van der Waals surface area contributed by atoms with Crippen molar-refractivity contribution in [2.45, 2.75) is 5.75 Å². The van der Waals surface area contributed by atoms with Crippen LogP contribution < -0.4 is 4.72 Å². The molecule has 0 heterocycles. The van der Waals surface area contributed by atoms with Gasteiger partial charge in [-0.25, -0.2) is 17.5 Å². The fourth-order valence-corrected chi connectivity index (χ4v) is 2.06. The highest BCUT2D eigenvalue weighted by atomic mass is 35.5. The van der Waals surface area contributed by atoms with Crippen LogP contribution in [0.25, 0.3) is 0 Å². The van der Waals surface area contributed by atoms with Crippen molar-refractivity contribution in [1.29, 1.82) is 0 Å². The van der Waals surface area contributed by atoms with E-state index in [0.29, 0.717) is 0 Å². The number of hydrogen-bond acceptors (Lipinski definition) is 2. The summed E-state index contributed by atoms with van der Waals surface area (Å²) in [5.41, 5.74) is -0.0106. The van der Waals surface area contributed by atoms with Crippen LogP contribution in [0.1, 0.15) is 5.56 Å². The van der Waals surface area contributed by atoms with Crippen LogP contribution in [0.2, 0.25) is 5.02 Å². The molecule has 78 valence electrons. The Morgan fingerprint density at radius 1 is 1.50 bits per heavy atom. The standard InChI is InChI=1S/C8H9ClFNO2S/c1-11-14(12,13)5-6-7(9)3-2-4-8(6)10/h2-4,11H,5H2,1H3. The zero-order valence-corrected chi connectivity index (χ0v) is 8.99. The molecule has 0 amide bonds. The molecule has 0 aliphatic rings. The summed E-state index contributed by atoms with van der Waals surface area (Å²) < 4.78 is 37.5. The van der Waals surface area contributed by atoms with Gasteiger partial charge in [0.15, 0.2) is 0 Å². The van der Waals surface area contributed by atoms with Gasteiger partial charge in [-0.2, -0.15) is 0 Å². The molecule has 0 aliphatic carbocycles. The number of halogens is 2. The Kier molecular flexibility index (Phi) is 3.47. The van der Waals surface area contributed by atoms with E-state index in [1.807, 2.05) is 0 Å². The van der Waals surface area contributed by atoms with E-state index in [0.717, 1.165) is 0 Å². The van der Waals surface area contributed by atoms with Crippen LogP contribution in [0.4, 0.5) is 4.39 Å². The maximum absolute atomic E-state index is 13.1. The number of sulfonamides is 1. The molecule has 0 spiro atoms. The lowest BCUT2D eigenvalue weighted by Gasteiger charge is -2.05. The minimum absolute atomic E-state index is 0.0106. The monoisotopic (exact) mass is 237 g/mol. The number of rotatable bonds is 3. The molecule has 0 fully saturated rings. The summed E-state index contributed by atoms with van der Waals surface area (Å²) in [4.78, 5) is 0. The first-order valence-corrected chi connectivity index (χ1v) is 5.83. The Morgan fingerprint density at radius 2 is 2.14 bits per heavy atom. The van der Waals surface area contributed by atoms with E-state index in [1.165, 1.54) is 25.2 Å². The maximum atomic E-state index is 13.1. The first-order valence-electron chi connectivity index (χ1n) is 3.80. The van der Waals surface area contributed by atoms with Gasteiger partial charge in [-0.3, -0.25) is 0 Å². The second kappa shape index (κ2) is 4.25. The molecular weight excluding hydrogens is 229 g/mol. The average molecular weight is 238 g/mol. The zero-order valence-electron chi connectivity index (χ0n) is 7.42. The van der Waals surface area contributed by atoms with E-state index in [9.17, 15) is 12.8 Å². The van der Waals surface area contributed by atoms with Crippen LogP contribution in [0, 0.1) is 5.82 Å². The quantitative estimate of drug-likeness (QED) is 0.867. The van der Waals surface area contributed by atoms with Crippen molar-refractivity contribution in [3.8, 4) is 0 Å². The molecule has 0 aliphatic heterocycles. The van der Waals surface area contributed by atoms with Gasteiger partial charge in [0.25, 0.3) is 0 Å². The van der Waals surface area contributed by atoms with Crippen LogP contribution >= 0.6 is 11.6 Å². The van der Waals surface area contributed by atoms with Crippen LogP contribution in [-0.2, 0) is 15.8 Å². The Hall–Kier alpha value is -0.650. The maximum Gasteiger partial charge on any atom is 0.215 e. The van der Waals surface area contributed by atoms with Crippen LogP contribution in [0.3, 0.4) is 0 Å². The number of hydrogen-bond donors (Lipinski definition) is 1. The summed E-state index contributed by atoms with van der Waals surface area (Å²) in [5.74, 6) is -1.06. The minimum atomic E-state index is -3.49. The van der Waals surface area contributed by atoms with Crippen molar-refractivity contribution in [3.63, 3.8) is 0 Å². The SMILES string of the molecule is CNS(=O)(=O)Cc1c(F)cccc1Cl. The van der Waals surface area contributed by atoms with Gasteiger partial charge in [0.1, 0.15) is 5.82 Å². The van der Waals surface area contributed by atoms with Crippen LogP contribution in [0.5, 0.6) is 0 Å². The predicted octanol–water partition coefficient (Wildman–Crippen LogP) is 1.53.